The summed E-state index contributed by atoms with van der Waals surface area (Å²) in [5.41, 5.74) is 4.93. The minimum absolute atomic E-state index is 0.153. The van der Waals surface area contributed by atoms with Crippen LogP contribution in [0.1, 0.15) is 68.1 Å². The lowest BCUT2D eigenvalue weighted by molar-refractivity contribution is 0.0635. The maximum absolute atomic E-state index is 13.6. The quantitative estimate of drug-likeness (QED) is 0.221. The molecule has 9 nitrogen and oxygen atoms in total. The van der Waals surface area contributed by atoms with E-state index in [0.29, 0.717) is 30.0 Å². The number of hydrogen-bond donors (Lipinski definition) is 3. The number of rotatable bonds is 10. The van der Waals surface area contributed by atoms with E-state index in [0.717, 1.165) is 37.1 Å². The predicted octanol–water partition coefficient (Wildman–Crippen LogP) is 7.40. The maximum atomic E-state index is 13.6. The second kappa shape index (κ2) is 14.2. The number of aryl methyl sites for hydroxylation is 2. The molecule has 0 unspecified atom stereocenters. The Morgan fingerprint density at radius 2 is 1.42 bits per heavy atom. The maximum Gasteiger partial charge on any atom is 0.412 e. The van der Waals surface area contributed by atoms with E-state index in [2.05, 4.69) is 46.8 Å². The molecule has 240 valence electrons. The van der Waals surface area contributed by atoms with Gasteiger partial charge in [0.2, 0.25) is 0 Å². The third kappa shape index (κ3) is 10.1. The van der Waals surface area contributed by atoms with Crippen LogP contribution < -0.4 is 16.0 Å². The van der Waals surface area contributed by atoms with Crippen molar-refractivity contribution >= 4 is 35.1 Å². The first kappa shape index (κ1) is 33.5. The Balaban J connectivity index is 1.46. The molecule has 0 radical (unpaired) electrons. The van der Waals surface area contributed by atoms with E-state index in [1.165, 1.54) is 11.1 Å². The number of hydrogen-bond acceptors (Lipinski definition) is 5. The molecule has 3 aromatic rings. The number of nitrogens with zero attached hydrogens (tertiary/aromatic N) is 2. The smallest absolute Gasteiger partial charge is 0.412 e. The molecule has 0 saturated heterocycles. The molecule has 4 rings (SSSR count). The van der Waals surface area contributed by atoms with E-state index >= 15 is 0 Å². The molecule has 0 saturated carbocycles. The molecule has 0 heterocycles. The van der Waals surface area contributed by atoms with Crippen LogP contribution in [0.3, 0.4) is 0 Å². The topological polar surface area (TPSA) is 103 Å². The molecular formula is C36H47N5O4. The van der Waals surface area contributed by atoms with Crippen molar-refractivity contribution in [2.45, 2.75) is 66.0 Å². The van der Waals surface area contributed by atoms with Crippen molar-refractivity contribution in [2.24, 2.45) is 5.41 Å². The van der Waals surface area contributed by atoms with Crippen molar-refractivity contribution in [3.8, 4) is 0 Å². The van der Waals surface area contributed by atoms with Crippen LogP contribution in [0, 0.1) is 5.41 Å². The summed E-state index contributed by atoms with van der Waals surface area (Å²) < 4.78 is 5.35. The summed E-state index contributed by atoms with van der Waals surface area (Å²) in [6.07, 6.45) is 2.69. The highest BCUT2D eigenvalue weighted by molar-refractivity contribution is 6.06. The number of amides is 4. The number of carbonyl (C=O) groups is 3. The van der Waals surface area contributed by atoms with Gasteiger partial charge >= 0.3 is 12.1 Å². The minimum Gasteiger partial charge on any atom is -0.444 e. The molecule has 3 N–H and O–H groups in total. The first-order valence-electron chi connectivity index (χ1n) is 15.5. The third-order valence-electron chi connectivity index (χ3n) is 7.40. The summed E-state index contributed by atoms with van der Waals surface area (Å²) in [6.45, 7) is 11.4. The number of ether oxygens (including phenoxy) is 1. The average molecular weight is 614 g/mol. The van der Waals surface area contributed by atoms with Gasteiger partial charge in [0.25, 0.3) is 5.91 Å². The second-order valence-corrected chi connectivity index (χ2v) is 13.8. The molecule has 0 bridgehead atoms. The SMILES string of the molecule is CN(C)CC(C)(C)CN(Cc1ccc(C(=O)Nc2ccccc2NC(=O)OC(C)(C)C)cc1)C(=O)Nc1ccc2c(c1)CCC2. The molecule has 0 fully saturated rings. The van der Waals surface area contributed by atoms with Gasteiger partial charge in [0.05, 0.1) is 11.4 Å². The molecule has 0 aromatic heterocycles. The summed E-state index contributed by atoms with van der Waals surface area (Å²) in [5, 5.41) is 8.71. The van der Waals surface area contributed by atoms with Crippen molar-refractivity contribution in [2.75, 3.05) is 43.1 Å². The van der Waals surface area contributed by atoms with Gasteiger partial charge in [-0.1, -0.05) is 44.2 Å². The van der Waals surface area contributed by atoms with Gasteiger partial charge in [-0.25, -0.2) is 9.59 Å². The molecule has 9 heteroatoms. The lowest BCUT2D eigenvalue weighted by atomic mass is 9.92. The van der Waals surface area contributed by atoms with Gasteiger partial charge < -0.3 is 25.2 Å². The Morgan fingerprint density at radius 1 is 0.778 bits per heavy atom. The lowest BCUT2D eigenvalue weighted by Crippen LogP contribution is -2.44. The fourth-order valence-corrected chi connectivity index (χ4v) is 5.77. The normalized spacial score (nSPS) is 12.8. The fourth-order valence-electron chi connectivity index (χ4n) is 5.77. The number of fused-ring (bicyclic) bond motifs is 1. The van der Waals surface area contributed by atoms with Gasteiger partial charge in [-0.05, 0) is 113 Å². The zero-order valence-corrected chi connectivity index (χ0v) is 27.6. The van der Waals surface area contributed by atoms with E-state index in [-0.39, 0.29) is 17.4 Å². The molecule has 1 aliphatic carbocycles. The molecular weight excluding hydrogens is 566 g/mol. The molecule has 0 spiro atoms. The molecule has 3 aromatic carbocycles. The standard InChI is InChI=1S/C36H47N5O4/c1-35(2,3)45-34(44)39-31-14-9-8-13-30(31)38-32(42)27-17-15-25(16-18-27)22-41(24-36(4,5)23-40(6)7)33(43)37-29-20-19-26-11-10-12-28(26)21-29/h8-9,13-21H,10-12,22-24H2,1-7H3,(H,37,43)(H,38,42)(H,39,44). The highest BCUT2D eigenvalue weighted by atomic mass is 16.6. The van der Waals surface area contributed by atoms with Crippen molar-refractivity contribution in [3.63, 3.8) is 0 Å². The van der Waals surface area contributed by atoms with Gasteiger partial charge in [-0.2, -0.15) is 0 Å². The largest absolute Gasteiger partial charge is 0.444 e. The van der Waals surface area contributed by atoms with Crippen LogP contribution >= 0.6 is 0 Å². The van der Waals surface area contributed by atoms with Crippen LogP contribution in [0.25, 0.3) is 0 Å². The number of para-hydroxylation sites is 2. The number of nitrogens with one attached hydrogen (secondary N) is 3. The monoisotopic (exact) mass is 613 g/mol. The molecule has 4 amide bonds. The van der Waals surface area contributed by atoms with Crippen LogP contribution in [0.4, 0.5) is 26.7 Å². The Morgan fingerprint density at radius 3 is 2.07 bits per heavy atom. The van der Waals surface area contributed by atoms with Crippen molar-refractivity contribution < 1.29 is 19.1 Å². The number of carbonyl (C=O) groups excluding carboxylic acids is 3. The van der Waals surface area contributed by atoms with Crippen LogP contribution in [-0.4, -0.2) is 60.6 Å². The fraction of sp³-hybridized carbons (Fsp3) is 0.417. The van der Waals surface area contributed by atoms with Gasteiger partial charge in [0, 0.05) is 30.9 Å². The first-order chi connectivity index (χ1) is 21.2. The number of benzene rings is 3. The van der Waals surface area contributed by atoms with Crippen LogP contribution in [0.2, 0.25) is 0 Å². The highest BCUT2D eigenvalue weighted by Gasteiger charge is 2.27. The number of urea groups is 1. The van der Waals surface area contributed by atoms with Crippen molar-refractivity contribution in [1.29, 1.82) is 0 Å². The first-order valence-corrected chi connectivity index (χ1v) is 15.5. The summed E-state index contributed by atoms with van der Waals surface area (Å²) in [4.78, 5) is 43.1. The number of anilines is 3. The predicted molar refractivity (Wildman–Crippen MR) is 181 cm³/mol. The summed E-state index contributed by atoms with van der Waals surface area (Å²) >= 11 is 0. The van der Waals surface area contributed by atoms with Crippen molar-refractivity contribution in [1.82, 2.24) is 9.80 Å². The van der Waals surface area contributed by atoms with E-state index in [1.54, 1.807) is 57.2 Å². The van der Waals surface area contributed by atoms with E-state index in [1.807, 2.05) is 37.2 Å². The van der Waals surface area contributed by atoms with E-state index < -0.39 is 11.7 Å². The van der Waals surface area contributed by atoms with Crippen LogP contribution in [0.5, 0.6) is 0 Å². The molecule has 0 aliphatic heterocycles. The van der Waals surface area contributed by atoms with E-state index in [4.69, 9.17) is 4.74 Å². The van der Waals surface area contributed by atoms with Gasteiger partial charge in [-0.3, -0.25) is 10.1 Å². The Labute approximate surface area is 267 Å². The molecule has 0 atom stereocenters. The highest BCUT2D eigenvalue weighted by Crippen LogP contribution is 2.27. The summed E-state index contributed by atoms with van der Waals surface area (Å²) in [7, 11) is 4.07. The van der Waals surface area contributed by atoms with Gasteiger partial charge in [-0.15, -0.1) is 0 Å². The lowest BCUT2D eigenvalue weighted by Gasteiger charge is -2.35. The second-order valence-electron chi connectivity index (χ2n) is 13.8. The Hall–Kier alpha value is -4.37. The van der Waals surface area contributed by atoms with E-state index in [9.17, 15) is 14.4 Å². The molecule has 45 heavy (non-hydrogen) atoms. The third-order valence-corrected chi connectivity index (χ3v) is 7.40. The Bertz CT molecular complexity index is 1510. The van der Waals surface area contributed by atoms with Gasteiger partial charge in [0.15, 0.2) is 0 Å². The zero-order valence-electron chi connectivity index (χ0n) is 27.6. The van der Waals surface area contributed by atoms with Crippen molar-refractivity contribution in [3.05, 3.63) is 89.0 Å². The molecule has 1 aliphatic rings. The van der Waals surface area contributed by atoms with Crippen LogP contribution in [-0.2, 0) is 24.1 Å². The summed E-state index contributed by atoms with van der Waals surface area (Å²) in [6, 6.07) is 20.2. The van der Waals surface area contributed by atoms with Crippen LogP contribution in [0.15, 0.2) is 66.7 Å². The zero-order chi connectivity index (χ0) is 32.8. The minimum atomic E-state index is -0.649. The average Bonchev–Trinajstić information content (AvgIpc) is 3.40. The summed E-state index contributed by atoms with van der Waals surface area (Å²) in [5.74, 6) is -0.321. The van der Waals surface area contributed by atoms with Gasteiger partial charge in [0.1, 0.15) is 5.60 Å². The Kier molecular flexibility index (Phi) is 10.5.